The summed E-state index contributed by atoms with van der Waals surface area (Å²) in [5, 5.41) is 30.4. The zero-order chi connectivity index (χ0) is 21.5. The molecule has 0 fully saturated rings. The van der Waals surface area contributed by atoms with Crippen LogP contribution in [0.25, 0.3) is 10.9 Å². The number of benzene rings is 2. The van der Waals surface area contributed by atoms with Gasteiger partial charge in [-0.25, -0.2) is 4.79 Å². The lowest BCUT2D eigenvalue weighted by atomic mass is 9.87. The summed E-state index contributed by atoms with van der Waals surface area (Å²) < 4.78 is 1.92. The second-order valence-corrected chi connectivity index (χ2v) is 7.96. The highest BCUT2D eigenvalue weighted by Gasteiger charge is 2.30. The van der Waals surface area contributed by atoms with Gasteiger partial charge in [0.05, 0.1) is 5.56 Å². The monoisotopic (exact) mass is 415 g/mol. The topological polar surface area (TPSA) is 99.8 Å². The van der Waals surface area contributed by atoms with Gasteiger partial charge in [0.25, 0.3) is 0 Å². The third-order valence-electron chi connectivity index (χ3n) is 4.94. The zero-order valence-corrected chi connectivity index (χ0v) is 17.1. The molecule has 2 aromatic carbocycles. The van der Waals surface area contributed by atoms with Crippen molar-refractivity contribution >= 4 is 34.4 Å². The standard InChI is InChI=1S/C22H22ClNO5/c1-11(2)10-24-12(3)18(21(26)27)20-16(5-4-6-17(20)24)19(22(28)29)13-7-14(23)9-15(25)8-13/h4-9,11,19,25H,10H2,1-3H3,(H,26,27)(H,28,29). The van der Waals surface area contributed by atoms with Crippen LogP contribution < -0.4 is 0 Å². The van der Waals surface area contributed by atoms with E-state index in [0.717, 1.165) is 0 Å². The number of carbonyl (C=O) groups is 2. The maximum Gasteiger partial charge on any atom is 0.338 e. The number of carboxylic acid groups (broad SMARTS) is 2. The minimum atomic E-state index is -1.18. The van der Waals surface area contributed by atoms with Crippen LogP contribution in [0, 0.1) is 12.8 Å². The number of nitrogens with zero attached hydrogens (tertiary/aromatic N) is 1. The Morgan fingerprint density at radius 2 is 1.83 bits per heavy atom. The number of aliphatic carboxylic acids is 1. The van der Waals surface area contributed by atoms with E-state index in [9.17, 15) is 24.9 Å². The van der Waals surface area contributed by atoms with Crippen LogP contribution in [-0.4, -0.2) is 31.8 Å². The Morgan fingerprint density at radius 3 is 2.38 bits per heavy atom. The smallest absolute Gasteiger partial charge is 0.338 e. The normalized spacial score (nSPS) is 12.4. The van der Waals surface area contributed by atoms with E-state index in [1.54, 1.807) is 25.1 Å². The molecule has 1 heterocycles. The highest BCUT2D eigenvalue weighted by Crippen LogP contribution is 2.38. The molecule has 1 atom stereocenters. The number of hydrogen-bond acceptors (Lipinski definition) is 3. The van der Waals surface area contributed by atoms with Gasteiger partial charge in [0.2, 0.25) is 0 Å². The van der Waals surface area contributed by atoms with Gasteiger partial charge < -0.3 is 19.9 Å². The first-order chi connectivity index (χ1) is 13.6. The molecule has 0 spiro atoms. The second kappa shape index (κ2) is 7.79. The Morgan fingerprint density at radius 1 is 1.14 bits per heavy atom. The predicted octanol–water partition coefficient (Wildman–Crippen LogP) is 4.88. The molecule has 3 N–H and O–H groups in total. The zero-order valence-electron chi connectivity index (χ0n) is 16.3. The summed E-state index contributed by atoms with van der Waals surface area (Å²) in [7, 11) is 0. The largest absolute Gasteiger partial charge is 0.508 e. The molecule has 1 aromatic heterocycles. The number of phenolic OH excluding ortho intramolecular Hbond substituents is 1. The van der Waals surface area contributed by atoms with Gasteiger partial charge in [-0.15, -0.1) is 0 Å². The molecular weight excluding hydrogens is 394 g/mol. The van der Waals surface area contributed by atoms with Crippen molar-refractivity contribution in [2.24, 2.45) is 5.92 Å². The molecular formula is C22H22ClNO5. The van der Waals surface area contributed by atoms with E-state index in [-0.39, 0.29) is 27.8 Å². The molecule has 6 nitrogen and oxygen atoms in total. The van der Waals surface area contributed by atoms with Crippen LogP contribution in [0.3, 0.4) is 0 Å². The van der Waals surface area contributed by atoms with E-state index in [1.807, 2.05) is 18.4 Å². The number of rotatable bonds is 6. The van der Waals surface area contributed by atoms with Gasteiger partial charge >= 0.3 is 11.9 Å². The maximum atomic E-state index is 12.2. The maximum absolute atomic E-state index is 12.2. The average molecular weight is 416 g/mol. The third-order valence-corrected chi connectivity index (χ3v) is 5.16. The molecule has 0 bridgehead atoms. The summed E-state index contributed by atoms with van der Waals surface area (Å²) in [4.78, 5) is 24.3. The Bertz CT molecular complexity index is 1100. The summed E-state index contributed by atoms with van der Waals surface area (Å²) in [6.45, 7) is 6.40. The van der Waals surface area contributed by atoms with E-state index >= 15 is 0 Å². The number of halogens is 1. The molecule has 3 aromatic rings. The minimum Gasteiger partial charge on any atom is -0.508 e. The van der Waals surface area contributed by atoms with Crippen molar-refractivity contribution in [3.8, 4) is 5.75 Å². The molecule has 0 amide bonds. The molecule has 29 heavy (non-hydrogen) atoms. The van der Waals surface area contributed by atoms with Crippen LogP contribution in [0.15, 0.2) is 36.4 Å². The number of fused-ring (bicyclic) bond motifs is 1. The molecule has 1 unspecified atom stereocenters. The Labute approximate surface area is 173 Å². The molecule has 3 rings (SSSR count). The van der Waals surface area contributed by atoms with Crippen LogP contribution in [0.4, 0.5) is 0 Å². The van der Waals surface area contributed by atoms with Crippen molar-refractivity contribution in [1.29, 1.82) is 0 Å². The van der Waals surface area contributed by atoms with Gasteiger partial charge in [-0.05, 0) is 48.2 Å². The fraction of sp³-hybridized carbons (Fsp3) is 0.273. The number of phenols is 1. The van der Waals surface area contributed by atoms with Gasteiger partial charge in [-0.2, -0.15) is 0 Å². The van der Waals surface area contributed by atoms with E-state index in [2.05, 4.69) is 0 Å². The number of aromatic carboxylic acids is 1. The lowest BCUT2D eigenvalue weighted by molar-refractivity contribution is -0.137. The summed E-state index contributed by atoms with van der Waals surface area (Å²) in [5.74, 6) is -3.34. The summed E-state index contributed by atoms with van der Waals surface area (Å²) >= 11 is 6.02. The van der Waals surface area contributed by atoms with Gasteiger partial charge in [-0.1, -0.05) is 37.6 Å². The van der Waals surface area contributed by atoms with E-state index in [4.69, 9.17) is 11.6 Å². The summed E-state index contributed by atoms with van der Waals surface area (Å²) in [6.07, 6.45) is 0. The molecule has 0 aliphatic heterocycles. The molecule has 0 saturated carbocycles. The van der Waals surface area contributed by atoms with Gasteiger partial charge in [0.15, 0.2) is 0 Å². The number of aromatic hydroxyl groups is 1. The second-order valence-electron chi connectivity index (χ2n) is 7.53. The van der Waals surface area contributed by atoms with Crippen molar-refractivity contribution in [2.75, 3.05) is 0 Å². The first kappa shape index (κ1) is 20.7. The van der Waals surface area contributed by atoms with Crippen molar-refractivity contribution < 1.29 is 24.9 Å². The minimum absolute atomic E-state index is 0.0914. The number of carboxylic acids is 2. The van der Waals surface area contributed by atoms with Crippen LogP contribution in [0.5, 0.6) is 5.75 Å². The molecule has 152 valence electrons. The van der Waals surface area contributed by atoms with Gasteiger partial charge in [0.1, 0.15) is 11.7 Å². The summed E-state index contributed by atoms with van der Waals surface area (Å²) in [6, 6.07) is 9.26. The molecule has 0 aliphatic rings. The first-order valence-electron chi connectivity index (χ1n) is 9.19. The summed E-state index contributed by atoms with van der Waals surface area (Å²) in [5.41, 5.74) is 1.96. The van der Waals surface area contributed by atoms with E-state index < -0.39 is 17.9 Å². The SMILES string of the molecule is Cc1c(C(=O)O)c2c(C(C(=O)O)c3cc(O)cc(Cl)c3)cccc2n1CC(C)C. The van der Waals surface area contributed by atoms with Gasteiger partial charge in [-0.3, -0.25) is 4.79 Å². The Hall–Kier alpha value is -2.99. The fourth-order valence-corrected chi connectivity index (χ4v) is 4.11. The van der Waals surface area contributed by atoms with Crippen LogP contribution in [0.2, 0.25) is 5.02 Å². The quantitative estimate of drug-likeness (QED) is 0.532. The van der Waals surface area contributed by atoms with Crippen LogP contribution in [0.1, 0.15) is 46.9 Å². The highest BCUT2D eigenvalue weighted by atomic mass is 35.5. The lowest BCUT2D eigenvalue weighted by Crippen LogP contribution is -2.14. The average Bonchev–Trinajstić information content (AvgIpc) is 2.86. The van der Waals surface area contributed by atoms with E-state index in [0.29, 0.717) is 28.7 Å². The van der Waals surface area contributed by atoms with Gasteiger partial charge in [0, 0.05) is 28.2 Å². The predicted molar refractivity (Wildman–Crippen MR) is 111 cm³/mol. The molecule has 7 heteroatoms. The number of hydrogen-bond donors (Lipinski definition) is 3. The number of aromatic nitrogens is 1. The fourth-order valence-electron chi connectivity index (χ4n) is 3.87. The van der Waals surface area contributed by atoms with Crippen LogP contribution >= 0.6 is 11.6 Å². The molecule has 0 aliphatic carbocycles. The van der Waals surface area contributed by atoms with Crippen molar-refractivity contribution in [3.63, 3.8) is 0 Å². The first-order valence-corrected chi connectivity index (χ1v) is 9.56. The molecule has 0 saturated heterocycles. The van der Waals surface area contributed by atoms with E-state index in [1.165, 1.54) is 18.2 Å². The van der Waals surface area contributed by atoms with Crippen LogP contribution in [-0.2, 0) is 11.3 Å². The van der Waals surface area contributed by atoms with Crippen molar-refractivity contribution in [3.05, 3.63) is 63.8 Å². The van der Waals surface area contributed by atoms with Crippen molar-refractivity contribution in [2.45, 2.75) is 33.2 Å². The lowest BCUT2D eigenvalue weighted by Gasteiger charge is -2.16. The Kier molecular flexibility index (Phi) is 5.57. The Balaban J connectivity index is 2.38. The highest BCUT2D eigenvalue weighted by molar-refractivity contribution is 6.30. The third kappa shape index (κ3) is 3.80. The van der Waals surface area contributed by atoms with Crippen molar-refractivity contribution in [1.82, 2.24) is 4.57 Å². The molecule has 0 radical (unpaired) electrons.